The van der Waals surface area contributed by atoms with E-state index in [-0.39, 0.29) is 28.6 Å². The molecule has 0 aliphatic rings. The number of hydrogen-bond donors (Lipinski definition) is 1. The van der Waals surface area contributed by atoms with Gasteiger partial charge in [-0.05, 0) is 24.3 Å². The van der Waals surface area contributed by atoms with Crippen LogP contribution in [0.5, 0.6) is 5.75 Å². The fourth-order valence-corrected chi connectivity index (χ4v) is 2.96. The number of nitriles is 2. The van der Waals surface area contributed by atoms with Crippen molar-refractivity contribution in [3.05, 3.63) is 69.3 Å². The van der Waals surface area contributed by atoms with Crippen molar-refractivity contribution in [2.45, 2.75) is 6.42 Å². The second kappa shape index (κ2) is 7.92. The molecule has 1 heterocycles. The third kappa shape index (κ3) is 3.78. The number of rotatable bonds is 4. The predicted octanol–water partition coefficient (Wildman–Crippen LogP) is 4.57. The largest absolute Gasteiger partial charge is 0.506 e. The molecule has 0 unspecified atom stereocenters. The zero-order chi connectivity index (χ0) is 19.4. The SMILES string of the molecule is N#CCc1nn(-c2ccccc2)c(/N=C/c2cc(Cl)cc(Cl)c2O)c1C#N. The molecule has 8 heteroatoms. The predicted molar refractivity (Wildman–Crippen MR) is 103 cm³/mol. The van der Waals surface area contributed by atoms with Crippen molar-refractivity contribution in [1.82, 2.24) is 9.78 Å². The number of nitrogens with zero attached hydrogens (tertiary/aromatic N) is 5. The van der Waals surface area contributed by atoms with Crippen molar-refractivity contribution in [2.24, 2.45) is 4.99 Å². The standard InChI is InChI=1S/C19H11Cl2N5O/c20-13-8-12(18(27)16(21)9-13)11-24-19-15(10-23)17(6-7-22)25-26(19)14-4-2-1-3-5-14/h1-5,8-9,11,27H,6H2/b24-11+. The molecule has 3 rings (SSSR count). The van der Waals surface area contributed by atoms with Crippen LogP contribution in [-0.2, 0) is 6.42 Å². The molecule has 0 aliphatic heterocycles. The third-order valence-electron chi connectivity index (χ3n) is 3.68. The number of aromatic nitrogens is 2. The minimum absolute atomic E-state index is 0.0283. The molecule has 0 spiro atoms. The van der Waals surface area contributed by atoms with Gasteiger partial charge >= 0.3 is 0 Å². The molecule has 0 aliphatic carbocycles. The van der Waals surface area contributed by atoms with E-state index >= 15 is 0 Å². The first-order valence-electron chi connectivity index (χ1n) is 7.71. The minimum Gasteiger partial charge on any atom is -0.506 e. The van der Waals surface area contributed by atoms with Gasteiger partial charge < -0.3 is 5.11 Å². The molecule has 132 valence electrons. The number of hydrogen-bond acceptors (Lipinski definition) is 5. The first-order chi connectivity index (χ1) is 13.0. The summed E-state index contributed by atoms with van der Waals surface area (Å²) in [6, 6.07) is 16.1. The van der Waals surface area contributed by atoms with Gasteiger partial charge in [-0.25, -0.2) is 9.67 Å². The third-order valence-corrected chi connectivity index (χ3v) is 4.18. The van der Waals surface area contributed by atoms with E-state index in [1.807, 2.05) is 30.3 Å². The second-order valence-corrected chi connectivity index (χ2v) is 6.27. The smallest absolute Gasteiger partial charge is 0.173 e. The van der Waals surface area contributed by atoms with E-state index in [2.05, 4.69) is 10.1 Å². The zero-order valence-electron chi connectivity index (χ0n) is 13.8. The summed E-state index contributed by atoms with van der Waals surface area (Å²) in [5.41, 5.74) is 1.48. The Morgan fingerprint density at radius 2 is 1.93 bits per heavy atom. The number of aliphatic imine (C=N–C) groups is 1. The van der Waals surface area contributed by atoms with Gasteiger partial charge in [-0.2, -0.15) is 15.6 Å². The summed E-state index contributed by atoms with van der Waals surface area (Å²) >= 11 is 11.9. The Kier molecular flexibility index (Phi) is 5.42. The quantitative estimate of drug-likeness (QED) is 0.653. The lowest BCUT2D eigenvalue weighted by Crippen LogP contribution is -1.97. The van der Waals surface area contributed by atoms with Gasteiger partial charge in [-0.1, -0.05) is 41.4 Å². The highest BCUT2D eigenvalue weighted by Crippen LogP contribution is 2.31. The number of phenols is 1. The lowest BCUT2D eigenvalue weighted by molar-refractivity contribution is 0.475. The maximum Gasteiger partial charge on any atom is 0.173 e. The molecule has 0 fully saturated rings. The van der Waals surface area contributed by atoms with Crippen LogP contribution >= 0.6 is 23.2 Å². The number of aromatic hydroxyl groups is 1. The molecule has 2 aromatic carbocycles. The fourth-order valence-electron chi connectivity index (χ4n) is 2.45. The van der Waals surface area contributed by atoms with Crippen molar-refractivity contribution in [2.75, 3.05) is 0 Å². The van der Waals surface area contributed by atoms with Crippen molar-refractivity contribution in [3.8, 4) is 23.6 Å². The van der Waals surface area contributed by atoms with Crippen molar-refractivity contribution < 1.29 is 5.11 Å². The summed E-state index contributed by atoms with van der Waals surface area (Å²) in [5.74, 6) is 0.0656. The van der Waals surface area contributed by atoms with E-state index in [1.165, 1.54) is 23.0 Å². The minimum atomic E-state index is -0.175. The Labute approximate surface area is 165 Å². The molecular weight excluding hydrogens is 385 g/mol. The average Bonchev–Trinajstić information content (AvgIpc) is 3.01. The van der Waals surface area contributed by atoms with E-state index in [0.29, 0.717) is 22.0 Å². The van der Waals surface area contributed by atoms with E-state index in [9.17, 15) is 10.4 Å². The van der Waals surface area contributed by atoms with Crippen molar-refractivity contribution >= 4 is 35.2 Å². The maximum atomic E-state index is 10.1. The lowest BCUT2D eigenvalue weighted by atomic mass is 10.2. The number of benzene rings is 2. The van der Waals surface area contributed by atoms with E-state index < -0.39 is 0 Å². The molecule has 27 heavy (non-hydrogen) atoms. The van der Waals surface area contributed by atoms with Gasteiger partial charge in [0, 0.05) is 16.8 Å². The van der Waals surface area contributed by atoms with Crippen LogP contribution in [0.4, 0.5) is 5.82 Å². The van der Waals surface area contributed by atoms with Gasteiger partial charge in [0.05, 0.1) is 28.9 Å². The summed E-state index contributed by atoms with van der Waals surface area (Å²) < 4.78 is 1.48. The first-order valence-corrected chi connectivity index (χ1v) is 8.47. The Balaban J connectivity index is 2.17. The molecular formula is C19H11Cl2N5O. The van der Waals surface area contributed by atoms with Gasteiger partial charge in [-0.3, -0.25) is 0 Å². The Morgan fingerprint density at radius 1 is 1.19 bits per heavy atom. The molecule has 0 radical (unpaired) electrons. The summed E-state index contributed by atoms with van der Waals surface area (Å²) in [6.45, 7) is 0. The first kappa shape index (κ1) is 18.5. The lowest BCUT2D eigenvalue weighted by Gasteiger charge is -2.05. The van der Waals surface area contributed by atoms with Crippen LogP contribution in [0.2, 0.25) is 10.0 Å². The Bertz CT molecular complexity index is 1110. The van der Waals surface area contributed by atoms with Gasteiger partial charge in [0.2, 0.25) is 0 Å². The average molecular weight is 396 g/mol. The van der Waals surface area contributed by atoms with Crippen LogP contribution in [0, 0.1) is 22.7 Å². The highest BCUT2D eigenvalue weighted by molar-refractivity contribution is 6.36. The summed E-state index contributed by atoms with van der Waals surface area (Å²) in [6.07, 6.45) is 1.32. The van der Waals surface area contributed by atoms with Crippen LogP contribution in [0.25, 0.3) is 5.69 Å². The summed E-state index contributed by atoms with van der Waals surface area (Å²) in [5, 5.41) is 33.4. The number of phenolic OH excluding ortho intramolecular Hbond substituents is 1. The molecule has 0 atom stereocenters. The summed E-state index contributed by atoms with van der Waals surface area (Å²) in [7, 11) is 0. The van der Waals surface area contributed by atoms with E-state index in [1.54, 1.807) is 12.1 Å². The summed E-state index contributed by atoms with van der Waals surface area (Å²) in [4.78, 5) is 4.34. The van der Waals surface area contributed by atoms with Crippen LogP contribution in [-0.4, -0.2) is 21.1 Å². The van der Waals surface area contributed by atoms with Gasteiger partial charge in [0.1, 0.15) is 17.4 Å². The highest BCUT2D eigenvalue weighted by atomic mass is 35.5. The van der Waals surface area contributed by atoms with Gasteiger partial charge in [0.15, 0.2) is 5.82 Å². The molecule has 0 bridgehead atoms. The van der Waals surface area contributed by atoms with Crippen LogP contribution in [0.1, 0.15) is 16.8 Å². The van der Waals surface area contributed by atoms with Crippen molar-refractivity contribution in [3.63, 3.8) is 0 Å². The van der Waals surface area contributed by atoms with Crippen LogP contribution in [0.15, 0.2) is 47.5 Å². The molecule has 3 aromatic rings. The Hall–Kier alpha value is -3.32. The maximum absolute atomic E-state index is 10.1. The van der Waals surface area contributed by atoms with Gasteiger partial charge in [-0.15, -0.1) is 0 Å². The van der Waals surface area contributed by atoms with Crippen LogP contribution in [0.3, 0.4) is 0 Å². The van der Waals surface area contributed by atoms with Crippen LogP contribution < -0.4 is 0 Å². The Morgan fingerprint density at radius 3 is 2.59 bits per heavy atom. The van der Waals surface area contributed by atoms with Crippen molar-refractivity contribution in [1.29, 1.82) is 10.5 Å². The number of para-hydroxylation sites is 1. The number of halogens is 2. The van der Waals surface area contributed by atoms with Gasteiger partial charge in [0.25, 0.3) is 0 Å². The normalized spacial score (nSPS) is 10.7. The molecule has 6 nitrogen and oxygen atoms in total. The molecule has 0 saturated carbocycles. The molecule has 1 N–H and O–H groups in total. The monoisotopic (exact) mass is 395 g/mol. The second-order valence-electron chi connectivity index (χ2n) is 5.42. The molecule has 0 amide bonds. The topological polar surface area (TPSA) is 98.0 Å². The highest BCUT2D eigenvalue weighted by Gasteiger charge is 2.18. The zero-order valence-corrected chi connectivity index (χ0v) is 15.3. The fraction of sp³-hybridized carbons (Fsp3) is 0.0526. The molecule has 0 saturated heterocycles. The molecule has 1 aromatic heterocycles. The van der Waals surface area contributed by atoms with E-state index in [4.69, 9.17) is 28.5 Å². The van der Waals surface area contributed by atoms with E-state index in [0.717, 1.165) is 0 Å².